The quantitative estimate of drug-likeness (QED) is 0.843. The lowest BCUT2D eigenvalue weighted by Crippen LogP contribution is -2.47. The lowest BCUT2D eigenvalue weighted by Gasteiger charge is -2.39. The second-order valence-electron chi connectivity index (χ2n) is 6.97. The Bertz CT molecular complexity index is 514. The first-order valence-electron chi connectivity index (χ1n) is 8.16. The molecule has 0 atom stereocenters. The molecule has 128 valence electrons. The maximum absolute atomic E-state index is 11.5. The molecule has 0 amide bonds. The number of β-amino-alcohol motifs (C(OH)–C–C–N with tert-alkyl or cyclic N) is 1. The predicted molar refractivity (Wildman–Crippen MR) is 91.9 cm³/mol. The third-order valence-corrected chi connectivity index (χ3v) is 4.41. The van der Waals surface area contributed by atoms with Crippen molar-refractivity contribution >= 4 is 11.7 Å². The smallest absolute Gasteiger partial charge is 0.337 e. The molecule has 1 saturated heterocycles. The minimum atomic E-state index is -0.636. The summed E-state index contributed by atoms with van der Waals surface area (Å²) in [6.45, 7) is 6.43. The zero-order chi connectivity index (χ0) is 17.0. The van der Waals surface area contributed by atoms with Crippen LogP contribution in [0.2, 0.25) is 0 Å². The SMILES string of the molecule is COC(=O)c1ccc(N(C)C2CCN(CC(C)(C)O)CC2)cc1. The number of benzene rings is 1. The number of rotatable bonds is 5. The number of aliphatic hydroxyl groups is 1. The van der Waals surface area contributed by atoms with E-state index in [0.29, 0.717) is 11.6 Å². The van der Waals surface area contributed by atoms with Crippen LogP contribution < -0.4 is 4.90 Å². The fourth-order valence-corrected chi connectivity index (χ4v) is 3.17. The number of hydrogen-bond acceptors (Lipinski definition) is 5. The van der Waals surface area contributed by atoms with Gasteiger partial charge in [0.05, 0.1) is 18.3 Å². The highest BCUT2D eigenvalue weighted by molar-refractivity contribution is 5.89. The van der Waals surface area contributed by atoms with Crippen LogP contribution in [0.25, 0.3) is 0 Å². The molecule has 2 rings (SSSR count). The summed E-state index contributed by atoms with van der Waals surface area (Å²) in [6, 6.07) is 8.03. The van der Waals surface area contributed by atoms with Gasteiger partial charge in [-0.3, -0.25) is 0 Å². The third-order valence-electron chi connectivity index (χ3n) is 4.41. The van der Waals surface area contributed by atoms with Crippen LogP contribution in [0, 0.1) is 0 Å². The van der Waals surface area contributed by atoms with Crippen LogP contribution >= 0.6 is 0 Å². The van der Waals surface area contributed by atoms with Crippen LogP contribution in [0.5, 0.6) is 0 Å². The Morgan fingerprint density at radius 2 is 1.87 bits per heavy atom. The van der Waals surface area contributed by atoms with E-state index < -0.39 is 5.60 Å². The number of ether oxygens (including phenoxy) is 1. The van der Waals surface area contributed by atoms with Crippen molar-refractivity contribution in [1.29, 1.82) is 0 Å². The van der Waals surface area contributed by atoms with Crippen LogP contribution in [0.15, 0.2) is 24.3 Å². The average Bonchev–Trinajstić information content (AvgIpc) is 2.53. The number of hydrogen-bond donors (Lipinski definition) is 1. The maximum atomic E-state index is 11.5. The molecular weight excluding hydrogens is 292 g/mol. The molecule has 5 heteroatoms. The summed E-state index contributed by atoms with van der Waals surface area (Å²) in [6.07, 6.45) is 2.15. The van der Waals surface area contributed by atoms with Crippen LogP contribution in [-0.2, 0) is 4.74 Å². The van der Waals surface area contributed by atoms with Gasteiger partial charge in [-0.05, 0) is 51.0 Å². The van der Waals surface area contributed by atoms with Crippen LogP contribution in [-0.4, -0.2) is 61.4 Å². The van der Waals surface area contributed by atoms with E-state index in [0.717, 1.165) is 38.2 Å². The Balaban J connectivity index is 1.92. The first kappa shape index (κ1) is 17.8. The summed E-state index contributed by atoms with van der Waals surface area (Å²) in [5.41, 5.74) is 1.05. The largest absolute Gasteiger partial charge is 0.465 e. The molecule has 1 N–H and O–H groups in total. The van der Waals surface area contributed by atoms with Gasteiger partial charge in [0.25, 0.3) is 0 Å². The number of piperidine rings is 1. The van der Waals surface area contributed by atoms with Crippen molar-refractivity contribution in [2.24, 2.45) is 0 Å². The Hall–Kier alpha value is -1.59. The highest BCUT2D eigenvalue weighted by Crippen LogP contribution is 2.23. The van der Waals surface area contributed by atoms with Crippen molar-refractivity contribution in [3.8, 4) is 0 Å². The molecular formula is C18H28N2O3. The minimum Gasteiger partial charge on any atom is -0.465 e. The molecule has 0 unspecified atom stereocenters. The Labute approximate surface area is 138 Å². The number of carbonyl (C=O) groups excluding carboxylic acids is 1. The molecule has 0 aromatic heterocycles. The van der Waals surface area contributed by atoms with E-state index in [1.54, 1.807) is 12.1 Å². The zero-order valence-electron chi connectivity index (χ0n) is 14.6. The summed E-state index contributed by atoms with van der Waals surface area (Å²) in [5, 5.41) is 9.92. The number of anilines is 1. The van der Waals surface area contributed by atoms with E-state index in [1.165, 1.54) is 7.11 Å². The Morgan fingerprint density at radius 3 is 2.35 bits per heavy atom. The molecule has 0 aliphatic carbocycles. The summed E-state index contributed by atoms with van der Waals surface area (Å²) in [5.74, 6) is -0.306. The fraction of sp³-hybridized carbons (Fsp3) is 0.611. The Kier molecular flexibility index (Phi) is 5.65. The molecule has 23 heavy (non-hydrogen) atoms. The molecule has 5 nitrogen and oxygen atoms in total. The van der Waals surface area contributed by atoms with Gasteiger partial charge in [0.1, 0.15) is 0 Å². The highest BCUT2D eigenvalue weighted by atomic mass is 16.5. The van der Waals surface area contributed by atoms with E-state index in [4.69, 9.17) is 4.74 Å². The van der Waals surface area contributed by atoms with E-state index in [-0.39, 0.29) is 5.97 Å². The average molecular weight is 320 g/mol. The summed E-state index contributed by atoms with van der Waals surface area (Å²) < 4.78 is 4.73. The van der Waals surface area contributed by atoms with E-state index in [1.807, 2.05) is 26.0 Å². The Morgan fingerprint density at radius 1 is 1.30 bits per heavy atom. The molecule has 1 aromatic carbocycles. The number of nitrogens with zero attached hydrogens (tertiary/aromatic N) is 2. The monoisotopic (exact) mass is 320 g/mol. The highest BCUT2D eigenvalue weighted by Gasteiger charge is 2.26. The van der Waals surface area contributed by atoms with E-state index in [9.17, 15) is 9.90 Å². The molecule has 0 bridgehead atoms. The fourth-order valence-electron chi connectivity index (χ4n) is 3.17. The van der Waals surface area contributed by atoms with Gasteiger partial charge < -0.3 is 19.6 Å². The lowest BCUT2D eigenvalue weighted by atomic mass is 10.0. The van der Waals surface area contributed by atoms with Crippen LogP contribution in [0.3, 0.4) is 0 Å². The molecule has 1 aliphatic heterocycles. The predicted octanol–water partition coefficient (Wildman–Crippen LogP) is 2.14. The van der Waals surface area contributed by atoms with Crippen molar-refractivity contribution < 1.29 is 14.6 Å². The first-order valence-corrected chi connectivity index (χ1v) is 8.16. The summed E-state index contributed by atoms with van der Waals surface area (Å²) >= 11 is 0. The first-order chi connectivity index (χ1) is 10.8. The lowest BCUT2D eigenvalue weighted by molar-refractivity contribution is 0.0282. The summed E-state index contributed by atoms with van der Waals surface area (Å²) in [4.78, 5) is 16.1. The molecule has 0 spiro atoms. The van der Waals surface area contributed by atoms with Gasteiger partial charge in [0, 0.05) is 38.4 Å². The van der Waals surface area contributed by atoms with Gasteiger partial charge in [-0.1, -0.05) is 0 Å². The van der Waals surface area contributed by atoms with Crippen molar-refractivity contribution in [2.45, 2.75) is 38.3 Å². The number of methoxy groups -OCH3 is 1. The molecule has 1 aliphatic rings. The van der Waals surface area contributed by atoms with Gasteiger partial charge in [0.2, 0.25) is 0 Å². The number of likely N-dealkylation sites (tertiary alicyclic amines) is 1. The zero-order valence-corrected chi connectivity index (χ0v) is 14.6. The van der Waals surface area contributed by atoms with Crippen molar-refractivity contribution in [3.63, 3.8) is 0 Å². The maximum Gasteiger partial charge on any atom is 0.337 e. The van der Waals surface area contributed by atoms with E-state index in [2.05, 4.69) is 16.8 Å². The van der Waals surface area contributed by atoms with Crippen molar-refractivity contribution in [1.82, 2.24) is 4.90 Å². The summed E-state index contributed by atoms with van der Waals surface area (Å²) in [7, 11) is 3.49. The van der Waals surface area contributed by atoms with E-state index >= 15 is 0 Å². The second-order valence-corrected chi connectivity index (χ2v) is 6.97. The third kappa shape index (κ3) is 4.94. The van der Waals surface area contributed by atoms with Gasteiger partial charge in [-0.2, -0.15) is 0 Å². The standard InChI is InChI=1S/C18H28N2O3/c1-18(2,22)13-20-11-9-16(10-12-20)19(3)15-7-5-14(6-8-15)17(21)23-4/h5-8,16,22H,9-13H2,1-4H3. The van der Waals surface area contributed by atoms with Gasteiger partial charge in [0.15, 0.2) is 0 Å². The topological polar surface area (TPSA) is 53.0 Å². The molecule has 1 aromatic rings. The van der Waals surface area contributed by atoms with Gasteiger partial charge in [-0.25, -0.2) is 4.79 Å². The minimum absolute atomic E-state index is 0.306. The number of esters is 1. The normalized spacial score (nSPS) is 17.1. The second kappa shape index (κ2) is 7.32. The molecule has 0 radical (unpaired) electrons. The van der Waals surface area contributed by atoms with Crippen molar-refractivity contribution in [2.75, 3.05) is 38.7 Å². The molecule has 0 saturated carbocycles. The number of carbonyl (C=O) groups is 1. The van der Waals surface area contributed by atoms with Crippen molar-refractivity contribution in [3.05, 3.63) is 29.8 Å². The molecule has 1 fully saturated rings. The van der Waals surface area contributed by atoms with Gasteiger partial charge >= 0.3 is 5.97 Å². The molecule has 1 heterocycles. The van der Waals surface area contributed by atoms with Crippen LogP contribution in [0.1, 0.15) is 37.0 Å². The van der Waals surface area contributed by atoms with Gasteiger partial charge in [-0.15, -0.1) is 0 Å². The van der Waals surface area contributed by atoms with Crippen LogP contribution in [0.4, 0.5) is 5.69 Å².